The zero-order valence-electron chi connectivity index (χ0n) is 16.3. The molecule has 0 spiro atoms. The first-order valence-corrected chi connectivity index (χ1v) is 9.95. The molecule has 0 radical (unpaired) electrons. The predicted octanol–water partition coefficient (Wildman–Crippen LogP) is 4.20. The van der Waals surface area contributed by atoms with Crippen LogP contribution >= 0.6 is 0 Å². The van der Waals surface area contributed by atoms with E-state index in [0.29, 0.717) is 30.5 Å². The lowest BCUT2D eigenvalue weighted by Gasteiger charge is -2.57. The number of ether oxygens (including phenoxy) is 2. The Kier molecular flexibility index (Phi) is 4.09. The Morgan fingerprint density at radius 1 is 1.23 bits per heavy atom. The SMILES string of the molecule is COC1=CC2=CCC3C([C@@H](OC(C)=O)C[C@]4(C)C(=O)CCC34)[C@@]2(C)CC1. The second-order valence-corrected chi connectivity index (χ2v) is 9.15. The highest BCUT2D eigenvalue weighted by Gasteiger charge is 2.62. The Labute approximate surface area is 156 Å². The van der Waals surface area contributed by atoms with Crippen molar-refractivity contribution in [3.8, 4) is 0 Å². The van der Waals surface area contributed by atoms with Gasteiger partial charge in [-0.3, -0.25) is 9.59 Å². The van der Waals surface area contributed by atoms with Gasteiger partial charge in [-0.05, 0) is 54.6 Å². The molecular weight excluding hydrogens is 328 g/mol. The van der Waals surface area contributed by atoms with E-state index in [1.807, 2.05) is 0 Å². The van der Waals surface area contributed by atoms with Crippen molar-refractivity contribution in [3.63, 3.8) is 0 Å². The summed E-state index contributed by atoms with van der Waals surface area (Å²) in [4.78, 5) is 24.6. The molecule has 0 saturated heterocycles. The topological polar surface area (TPSA) is 52.6 Å². The zero-order valence-corrected chi connectivity index (χ0v) is 16.3. The lowest BCUT2D eigenvalue weighted by Crippen LogP contribution is -2.56. The first-order valence-electron chi connectivity index (χ1n) is 9.95. The third kappa shape index (κ3) is 2.40. The molecule has 4 rings (SSSR count). The van der Waals surface area contributed by atoms with Crippen LogP contribution < -0.4 is 0 Å². The third-order valence-corrected chi connectivity index (χ3v) is 7.93. The number of allylic oxidation sites excluding steroid dienone is 4. The smallest absolute Gasteiger partial charge is 0.302 e. The predicted molar refractivity (Wildman–Crippen MR) is 98.1 cm³/mol. The average molecular weight is 358 g/mol. The Bertz CT molecular complexity index is 705. The lowest BCUT2D eigenvalue weighted by atomic mass is 9.48. The Balaban J connectivity index is 1.78. The van der Waals surface area contributed by atoms with Crippen LogP contribution in [0.25, 0.3) is 0 Å². The molecule has 4 aliphatic rings. The number of methoxy groups -OCH3 is 1. The van der Waals surface area contributed by atoms with Gasteiger partial charge in [0.25, 0.3) is 0 Å². The van der Waals surface area contributed by atoms with Crippen LogP contribution in [0.3, 0.4) is 0 Å². The highest BCUT2D eigenvalue weighted by molar-refractivity contribution is 5.87. The molecule has 3 unspecified atom stereocenters. The van der Waals surface area contributed by atoms with Crippen LogP contribution in [0.1, 0.15) is 59.3 Å². The molecule has 0 bridgehead atoms. The Morgan fingerprint density at radius 3 is 2.69 bits per heavy atom. The average Bonchev–Trinajstić information content (AvgIpc) is 2.88. The van der Waals surface area contributed by atoms with Crippen molar-refractivity contribution in [2.75, 3.05) is 7.11 Å². The fourth-order valence-corrected chi connectivity index (χ4v) is 6.65. The number of hydrogen-bond donors (Lipinski definition) is 0. The largest absolute Gasteiger partial charge is 0.501 e. The number of fused-ring (bicyclic) bond motifs is 5. The van der Waals surface area contributed by atoms with E-state index in [1.165, 1.54) is 12.5 Å². The summed E-state index contributed by atoms with van der Waals surface area (Å²) in [6.07, 6.45) is 9.62. The van der Waals surface area contributed by atoms with Crippen LogP contribution in [0.15, 0.2) is 23.5 Å². The summed E-state index contributed by atoms with van der Waals surface area (Å²) >= 11 is 0. The number of carbonyl (C=O) groups excluding carboxylic acids is 2. The van der Waals surface area contributed by atoms with E-state index in [9.17, 15) is 9.59 Å². The van der Waals surface area contributed by atoms with Crippen molar-refractivity contribution in [1.82, 2.24) is 0 Å². The highest BCUT2D eigenvalue weighted by Crippen LogP contribution is 2.64. The summed E-state index contributed by atoms with van der Waals surface area (Å²) in [5.74, 6) is 2.27. The van der Waals surface area contributed by atoms with E-state index < -0.39 is 0 Å². The van der Waals surface area contributed by atoms with Crippen LogP contribution in [0.5, 0.6) is 0 Å². The minimum atomic E-state index is -0.328. The first-order chi connectivity index (χ1) is 12.3. The number of rotatable bonds is 2. The molecule has 26 heavy (non-hydrogen) atoms. The van der Waals surface area contributed by atoms with Gasteiger partial charge in [0.05, 0.1) is 12.9 Å². The molecular formula is C22H30O4. The van der Waals surface area contributed by atoms with Crippen LogP contribution in [-0.2, 0) is 19.1 Å². The molecule has 0 heterocycles. The van der Waals surface area contributed by atoms with Crippen LogP contribution in [0, 0.1) is 28.6 Å². The second-order valence-electron chi connectivity index (χ2n) is 9.15. The van der Waals surface area contributed by atoms with Gasteiger partial charge in [-0.25, -0.2) is 0 Å². The molecule has 0 N–H and O–H groups in total. The zero-order chi connectivity index (χ0) is 18.7. The summed E-state index contributed by atoms with van der Waals surface area (Å²) in [7, 11) is 1.73. The minimum Gasteiger partial charge on any atom is -0.501 e. The highest BCUT2D eigenvalue weighted by atomic mass is 16.5. The number of ketones is 1. The van der Waals surface area contributed by atoms with Gasteiger partial charge >= 0.3 is 5.97 Å². The van der Waals surface area contributed by atoms with Gasteiger partial charge in [0.1, 0.15) is 11.9 Å². The van der Waals surface area contributed by atoms with Gasteiger partial charge in [0.2, 0.25) is 0 Å². The van der Waals surface area contributed by atoms with E-state index >= 15 is 0 Å². The molecule has 4 nitrogen and oxygen atoms in total. The third-order valence-electron chi connectivity index (χ3n) is 7.93. The van der Waals surface area contributed by atoms with Crippen molar-refractivity contribution in [1.29, 1.82) is 0 Å². The second kappa shape index (κ2) is 5.97. The number of esters is 1. The van der Waals surface area contributed by atoms with Crippen molar-refractivity contribution in [3.05, 3.63) is 23.5 Å². The molecule has 4 aliphatic carbocycles. The van der Waals surface area contributed by atoms with Crippen molar-refractivity contribution >= 4 is 11.8 Å². The molecule has 0 aromatic heterocycles. The van der Waals surface area contributed by atoms with Gasteiger partial charge in [0.15, 0.2) is 0 Å². The molecule has 0 amide bonds. The van der Waals surface area contributed by atoms with E-state index in [4.69, 9.17) is 9.47 Å². The van der Waals surface area contributed by atoms with Gasteiger partial charge in [-0.1, -0.05) is 19.9 Å². The molecule has 6 atom stereocenters. The lowest BCUT2D eigenvalue weighted by molar-refractivity contribution is -0.172. The molecule has 2 saturated carbocycles. The van der Waals surface area contributed by atoms with Crippen molar-refractivity contribution < 1.29 is 19.1 Å². The number of hydrogen-bond acceptors (Lipinski definition) is 4. The number of carbonyl (C=O) groups is 2. The van der Waals surface area contributed by atoms with Gasteiger partial charge in [0, 0.05) is 31.1 Å². The summed E-state index contributed by atoms with van der Waals surface area (Å²) in [5, 5.41) is 0. The molecule has 0 aliphatic heterocycles. The normalized spacial score (nSPS) is 44.2. The van der Waals surface area contributed by atoms with Crippen LogP contribution in [0.2, 0.25) is 0 Å². The van der Waals surface area contributed by atoms with E-state index in [2.05, 4.69) is 26.0 Å². The monoisotopic (exact) mass is 358 g/mol. The van der Waals surface area contributed by atoms with Crippen molar-refractivity contribution in [2.24, 2.45) is 28.6 Å². The quantitative estimate of drug-likeness (QED) is 0.694. The maximum absolute atomic E-state index is 12.7. The standard InChI is InChI=1S/C22H30O4/c1-13(23)26-18-12-22(3)17(7-8-19(22)24)16-6-5-14-11-15(25-4)9-10-21(14,2)20(16)18/h5,11,16-18,20H,6-10,12H2,1-4H3/t16?,17?,18-,20?,21-,22-/m0/s1. The van der Waals surface area contributed by atoms with E-state index in [-0.39, 0.29) is 28.8 Å². The maximum Gasteiger partial charge on any atom is 0.302 e. The van der Waals surface area contributed by atoms with Crippen molar-refractivity contribution in [2.45, 2.75) is 65.4 Å². The summed E-state index contributed by atoms with van der Waals surface area (Å²) in [6, 6.07) is 0. The number of Topliss-reactive ketones (excluding diaryl/α,β-unsaturated/α-hetero) is 1. The fraction of sp³-hybridized carbons (Fsp3) is 0.727. The van der Waals surface area contributed by atoms with Crippen LogP contribution in [-0.4, -0.2) is 25.0 Å². The molecule has 142 valence electrons. The minimum absolute atomic E-state index is 0.0158. The molecule has 0 aromatic rings. The van der Waals surface area contributed by atoms with Gasteiger partial charge in [-0.2, -0.15) is 0 Å². The first kappa shape index (κ1) is 17.8. The van der Waals surface area contributed by atoms with Gasteiger partial charge in [-0.15, -0.1) is 0 Å². The molecule has 4 heteroatoms. The maximum atomic E-state index is 12.7. The summed E-state index contributed by atoms with van der Waals surface area (Å²) in [5.41, 5.74) is 0.982. The fourth-order valence-electron chi connectivity index (χ4n) is 6.65. The molecule has 2 fully saturated rings. The van der Waals surface area contributed by atoms with E-state index in [1.54, 1.807) is 7.11 Å². The van der Waals surface area contributed by atoms with Crippen LogP contribution in [0.4, 0.5) is 0 Å². The summed E-state index contributed by atoms with van der Waals surface area (Å²) < 4.78 is 11.4. The van der Waals surface area contributed by atoms with E-state index in [0.717, 1.165) is 31.4 Å². The Hall–Kier alpha value is -1.58. The molecule has 0 aromatic carbocycles. The Morgan fingerprint density at radius 2 is 2.00 bits per heavy atom. The van der Waals surface area contributed by atoms with Gasteiger partial charge < -0.3 is 9.47 Å². The summed E-state index contributed by atoms with van der Waals surface area (Å²) in [6.45, 7) is 5.94.